The lowest BCUT2D eigenvalue weighted by Crippen LogP contribution is -2.41. The van der Waals surface area contributed by atoms with Crippen molar-refractivity contribution in [3.63, 3.8) is 0 Å². The minimum Gasteiger partial charge on any atom is -0.448 e. The van der Waals surface area contributed by atoms with Crippen molar-refractivity contribution in [2.24, 2.45) is 10.7 Å². The predicted molar refractivity (Wildman–Crippen MR) is 68.1 cm³/mol. The molecule has 2 aliphatic rings. The molecule has 1 aromatic rings. The van der Waals surface area contributed by atoms with Gasteiger partial charge in [-0.3, -0.25) is 4.79 Å². The Morgan fingerprint density at radius 2 is 1.89 bits per heavy atom. The summed E-state index contributed by atoms with van der Waals surface area (Å²) in [7, 11) is 0. The highest BCUT2D eigenvalue weighted by molar-refractivity contribution is 6.00. The van der Waals surface area contributed by atoms with E-state index in [4.69, 9.17) is 10.5 Å². The Morgan fingerprint density at radius 3 is 2.44 bits per heavy atom. The van der Waals surface area contributed by atoms with Crippen LogP contribution in [0.3, 0.4) is 0 Å². The lowest BCUT2D eigenvalue weighted by atomic mass is 9.76. The number of ether oxygens (including phenoxy) is 1. The van der Waals surface area contributed by atoms with Crippen molar-refractivity contribution in [3.8, 4) is 0 Å². The topological polar surface area (TPSA) is 64.7 Å². The first-order valence-electron chi connectivity index (χ1n) is 6.32. The molecule has 0 atom stereocenters. The van der Waals surface area contributed by atoms with Gasteiger partial charge in [-0.05, 0) is 37.2 Å². The van der Waals surface area contributed by atoms with Crippen LogP contribution in [0, 0.1) is 0 Å². The van der Waals surface area contributed by atoms with Crippen molar-refractivity contribution < 1.29 is 9.53 Å². The minimum absolute atomic E-state index is 0.0261. The van der Waals surface area contributed by atoms with Crippen molar-refractivity contribution >= 4 is 11.9 Å². The minimum atomic E-state index is -0.755. The summed E-state index contributed by atoms with van der Waals surface area (Å²) >= 11 is 0. The molecule has 94 valence electrons. The summed E-state index contributed by atoms with van der Waals surface area (Å²) in [5.41, 5.74) is 6.07. The number of nitrogens with two attached hydrogens (primary N) is 1. The zero-order chi connectivity index (χ0) is 12.6. The maximum Gasteiger partial charge on any atom is 0.294 e. The van der Waals surface area contributed by atoms with Gasteiger partial charge >= 0.3 is 0 Å². The normalized spacial score (nSPS) is 31.2. The average molecular weight is 244 g/mol. The first-order valence-corrected chi connectivity index (χ1v) is 6.32. The summed E-state index contributed by atoms with van der Waals surface area (Å²) in [5.74, 6) is 0.307. The molecule has 3 rings (SSSR count). The molecule has 0 radical (unpaired) electrons. The molecule has 1 spiro atoms. The van der Waals surface area contributed by atoms with Crippen LogP contribution in [0.5, 0.6) is 0 Å². The quantitative estimate of drug-likeness (QED) is 0.821. The maximum absolute atomic E-state index is 11.8. The van der Waals surface area contributed by atoms with Gasteiger partial charge in [-0.15, -0.1) is 0 Å². The van der Waals surface area contributed by atoms with Crippen molar-refractivity contribution in [1.82, 2.24) is 0 Å². The van der Waals surface area contributed by atoms with Gasteiger partial charge in [0.15, 0.2) is 5.60 Å². The van der Waals surface area contributed by atoms with Crippen molar-refractivity contribution in [3.05, 3.63) is 35.9 Å². The number of hydrogen-bond donors (Lipinski definition) is 1. The molecule has 1 saturated carbocycles. The molecule has 2 N–H and O–H groups in total. The number of aliphatic imine (C=N–C) groups is 1. The van der Waals surface area contributed by atoms with Crippen molar-refractivity contribution in [2.75, 3.05) is 0 Å². The number of hydrogen-bond acceptors (Lipinski definition) is 3. The number of nitrogens with zero attached hydrogens (tertiary/aromatic N) is 1. The summed E-state index contributed by atoms with van der Waals surface area (Å²) in [6.07, 6.45) is 3.29. The second-order valence-electron chi connectivity index (χ2n) is 5.04. The molecule has 0 saturated heterocycles. The van der Waals surface area contributed by atoms with E-state index in [9.17, 15) is 4.79 Å². The monoisotopic (exact) mass is 244 g/mol. The number of carbonyl (C=O) groups is 1. The summed E-state index contributed by atoms with van der Waals surface area (Å²) in [6.45, 7) is 0. The fourth-order valence-corrected chi connectivity index (χ4v) is 2.93. The molecule has 18 heavy (non-hydrogen) atoms. The van der Waals surface area contributed by atoms with E-state index in [-0.39, 0.29) is 11.9 Å². The molecular formula is C14H16N2O2. The largest absolute Gasteiger partial charge is 0.448 e. The SMILES string of the molecule is NC1=NC(=O)C2(CCC(c3ccccc3)CC2)O1. The Bertz CT molecular complexity index is 488. The molecule has 1 aromatic carbocycles. The van der Waals surface area contributed by atoms with Gasteiger partial charge in [0.2, 0.25) is 0 Å². The maximum atomic E-state index is 11.8. The van der Waals surface area contributed by atoms with Crippen LogP contribution in [0.25, 0.3) is 0 Å². The Balaban J connectivity index is 1.71. The molecule has 0 bridgehead atoms. The van der Waals surface area contributed by atoms with Crippen LogP contribution < -0.4 is 5.73 Å². The van der Waals surface area contributed by atoms with E-state index in [1.165, 1.54) is 5.56 Å². The van der Waals surface area contributed by atoms with Crippen LogP contribution in [0.4, 0.5) is 0 Å². The standard InChI is InChI=1S/C14H16N2O2/c15-13-16-12(17)14(18-13)8-6-11(7-9-14)10-4-2-1-3-5-10/h1-5,11H,6-9H2,(H2,15,16,17). The van der Waals surface area contributed by atoms with Crippen LogP contribution in [-0.4, -0.2) is 17.5 Å². The molecule has 1 aliphatic carbocycles. The summed E-state index contributed by atoms with van der Waals surface area (Å²) < 4.78 is 5.46. The van der Waals surface area contributed by atoms with Gasteiger partial charge in [-0.1, -0.05) is 30.3 Å². The van der Waals surface area contributed by atoms with E-state index in [0.717, 1.165) is 12.8 Å². The number of benzene rings is 1. The number of amides is 1. The fourth-order valence-electron chi connectivity index (χ4n) is 2.93. The lowest BCUT2D eigenvalue weighted by molar-refractivity contribution is -0.133. The van der Waals surface area contributed by atoms with Crippen LogP contribution in [0.2, 0.25) is 0 Å². The second kappa shape index (κ2) is 4.12. The summed E-state index contributed by atoms with van der Waals surface area (Å²) in [6, 6.07) is 10.4. The smallest absolute Gasteiger partial charge is 0.294 e. The Morgan fingerprint density at radius 1 is 1.22 bits per heavy atom. The fraction of sp³-hybridized carbons (Fsp3) is 0.429. The zero-order valence-electron chi connectivity index (χ0n) is 10.1. The molecule has 1 amide bonds. The first kappa shape index (κ1) is 11.3. The summed E-state index contributed by atoms with van der Waals surface area (Å²) in [5, 5.41) is 0. The van der Waals surface area contributed by atoms with Crippen LogP contribution in [-0.2, 0) is 9.53 Å². The molecule has 4 nitrogen and oxygen atoms in total. The van der Waals surface area contributed by atoms with Gasteiger partial charge in [0.05, 0.1) is 0 Å². The molecule has 1 heterocycles. The van der Waals surface area contributed by atoms with Gasteiger partial charge < -0.3 is 10.5 Å². The van der Waals surface area contributed by atoms with Crippen LogP contribution in [0.15, 0.2) is 35.3 Å². The molecule has 4 heteroatoms. The number of carbonyl (C=O) groups excluding carboxylic acids is 1. The Labute approximate surface area is 106 Å². The third kappa shape index (κ3) is 1.78. The first-order chi connectivity index (χ1) is 8.70. The highest BCUT2D eigenvalue weighted by atomic mass is 16.5. The third-order valence-electron chi connectivity index (χ3n) is 3.97. The van der Waals surface area contributed by atoms with E-state index < -0.39 is 5.60 Å². The van der Waals surface area contributed by atoms with E-state index in [1.807, 2.05) is 6.07 Å². The average Bonchev–Trinajstić information content (AvgIpc) is 2.66. The molecule has 0 unspecified atom stereocenters. The van der Waals surface area contributed by atoms with E-state index in [1.54, 1.807) is 0 Å². The Kier molecular flexibility index (Phi) is 2.58. The van der Waals surface area contributed by atoms with Crippen molar-refractivity contribution in [2.45, 2.75) is 37.2 Å². The van der Waals surface area contributed by atoms with Gasteiger partial charge in [-0.2, -0.15) is 4.99 Å². The van der Waals surface area contributed by atoms with Gasteiger partial charge in [-0.25, -0.2) is 0 Å². The van der Waals surface area contributed by atoms with Crippen LogP contribution in [0.1, 0.15) is 37.2 Å². The molecular weight excluding hydrogens is 228 g/mol. The molecule has 1 fully saturated rings. The highest BCUT2D eigenvalue weighted by Crippen LogP contribution is 2.42. The molecule has 1 aliphatic heterocycles. The van der Waals surface area contributed by atoms with Gasteiger partial charge in [0.25, 0.3) is 11.9 Å². The summed E-state index contributed by atoms with van der Waals surface area (Å²) in [4.78, 5) is 15.5. The number of amidine groups is 1. The zero-order valence-corrected chi connectivity index (χ0v) is 10.1. The van der Waals surface area contributed by atoms with Gasteiger partial charge in [0.1, 0.15) is 0 Å². The predicted octanol–water partition coefficient (Wildman–Crippen LogP) is 1.95. The van der Waals surface area contributed by atoms with E-state index in [0.29, 0.717) is 18.8 Å². The second-order valence-corrected chi connectivity index (χ2v) is 5.04. The van der Waals surface area contributed by atoms with E-state index in [2.05, 4.69) is 29.3 Å². The van der Waals surface area contributed by atoms with Crippen molar-refractivity contribution in [1.29, 1.82) is 0 Å². The highest BCUT2D eigenvalue weighted by Gasteiger charge is 2.48. The lowest BCUT2D eigenvalue weighted by Gasteiger charge is -2.34. The molecule has 0 aromatic heterocycles. The van der Waals surface area contributed by atoms with Gasteiger partial charge in [0, 0.05) is 0 Å². The third-order valence-corrected chi connectivity index (χ3v) is 3.97. The van der Waals surface area contributed by atoms with Crippen LogP contribution >= 0.6 is 0 Å². The number of rotatable bonds is 1. The van der Waals surface area contributed by atoms with E-state index >= 15 is 0 Å². The Hall–Kier alpha value is -1.84.